The second-order valence-corrected chi connectivity index (χ2v) is 5.59. The van der Waals surface area contributed by atoms with Crippen LogP contribution in [0, 0.1) is 0 Å². The zero-order chi connectivity index (χ0) is 16.0. The van der Waals surface area contributed by atoms with Gasteiger partial charge in [-0.2, -0.15) is 0 Å². The molecule has 0 aliphatic carbocycles. The molecule has 0 saturated heterocycles. The van der Waals surface area contributed by atoms with Gasteiger partial charge in [0.2, 0.25) is 0 Å². The first kappa shape index (κ1) is 17.2. The number of hydrogen-bond acceptors (Lipinski definition) is 5. The lowest BCUT2D eigenvalue weighted by molar-refractivity contribution is -0.140. The van der Waals surface area contributed by atoms with Crippen LogP contribution in [0.5, 0.6) is 0 Å². The molecule has 0 spiro atoms. The van der Waals surface area contributed by atoms with E-state index in [1.54, 1.807) is 0 Å². The molecule has 1 heterocycles. The summed E-state index contributed by atoms with van der Waals surface area (Å²) in [5.41, 5.74) is -0.227. The van der Waals surface area contributed by atoms with E-state index < -0.39 is 17.9 Å². The van der Waals surface area contributed by atoms with Gasteiger partial charge in [0.1, 0.15) is 11.8 Å². The summed E-state index contributed by atoms with van der Waals surface area (Å²) in [6.07, 6.45) is 1.86. The molecule has 7 heteroatoms. The van der Waals surface area contributed by atoms with Crippen LogP contribution in [0.3, 0.4) is 0 Å². The van der Waals surface area contributed by atoms with Crippen LogP contribution in [0.25, 0.3) is 0 Å². The summed E-state index contributed by atoms with van der Waals surface area (Å²) in [5, 5.41) is 11.6. The van der Waals surface area contributed by atoms with E-state index in [2.05, 4.69) is 10.3 Å². The van der Waals surface area contributed by atoms with Crippen molar-refractivity contribution in [3.63, 3.8) is 0 Å². The first-order valence-electron chi connectivity index (χ1n) is 6.84. The first-order chi connectivity index (χ1) is 9.74. The maximum Gasteiger partial charge on any atom is 0.326 e. The van der Waals surface area contributed by atoms with Gasteiger partial charge in [-0.05, 0) is 20.8 Å². The number of aliphatic carboxylic acids is 1. The number of aryl methyl sites for hydroxylation is 1. The SMILES string of the molecule is CCc1ocnc1C(=O)NC(CCOC(C)(C)C)C(=O)O. The van der Waals surface area contributed by atoms with Crippen LogP contribution in [0.15, 0.2) is 10.8 Å². The van der Waals surface area contributed by atoms with Crippen molar-refractivity contribution in [2.75, 3.05) is 6.61 Å². The lowest BCUT2D eigenvalue weighted by Crippen LogP contribution is -2.42. The van der Waals surface area contributed by atoms with E-state index >= 15 is 0 Å². The van der Waals surface area contributed by atoms with Crippen molar-refractivity contribution in [1.82, 2.24) is 10.3 Å². The van der Waals surface area contributed by atoms with Crippen molar-refractivity contribution in [3.8, 4) is 0 Å². The second kappa shape index (κ2) is 7.21. The predicted molar refractivity (Wildman–Crippen MR) is 75.1 cm³/mol. The van der Waals surface area contributed by atoms with Crippen molar-refractivity contribution < 1.29 is 23.8 Å². The van der Waals surface area contributed by atoms with E-state index in [1.807, 2.05) is 27.7 Å². The van der Waals surface area contributed by atoms with Crippen LogP contribution < -0.4 is 5.32 Å². The quantitative estimate of drug-likeness (QED) is 0.793. The number of nitrogens with zero attached hydrogens (tertiary/aromatic N) is 1. The van der Waals surface area contributed by atoms with Crippen molar-refractivity contribution in [1.29, 1.82) is 0 Å². The fourth-order valence-corrected chi connectivity index (χ4v) is 1.67. The van der Waals surface area contributed by atoms with Gasteiger partial charge in [-0.25, -0.2) is 9.78 Å². The molecule has 0 fully saturated rings. The molecular weight excluding hydrogens is 276 g/mol. The van der Waals surface area contributed by atoms with Gasteiger partial charge in [0.15, 0.2) is 12.1 Å². The van der Waals surface area contributed by atoms with E-state index in [-0.39, 0.29) is 24.3 Å². The molecule has 7 nitrogen and oxygen atoms in total. The van der Waals surface area contributed by atoms with Crippen LogP contribution in [0.1, 0.15) is 50.4 Å². The van der Waals surface area contributed by atoms with Crippen molar-refractivity contribution >= 4 is 11.9 Å². The van der Waals surface area contributed by atoms with Gasteiger partial charge in [0, 0.05) is 19.4 Å². The highest BCUT2D eigenvalue weighted by atomic mass is 16.5. The molecule has 0 aliphatic heterocycles. The minimum atomic E-state index is -1.11. The lowest BCUT2D eigenvalue weighted by Gasteiger charge is -2.21. The Kier molecular flexibility index (Phi) is 5.90. The monoisotopic (exact) mass is 298 g/mol. The molecule has 2 N–H and O–H groups in total. The van der Waals surface area contributed by atoms with Gasteiger partial charge in [-0.15, -0.1) is 0 Å². The normalized spacial score (nSPS) is 13.0. The van der Waals surface area contributed by atoms with Gasteiger partial charge >= 0.3 is 5.97 Å². The van der Waals surface area contributed by atoms with Crippen molar-refractivity contribution in [3.05, 3.63) is 17.8 Å². The summed E-state index contributed by atoms with van der Waals surface area (Å²) >= 11 is 0. The Balaban J connectivity index is 2.62. The van der Waals surface area contributed by atoms with Crippen LogP contribution in [0.4, 0.5) is 0 Å². The van der Waals surface area contributed by atoms with Gasteiger partial charge in [0.05, 0.1) is 5.60 Å². The van der Waals surface area contributed by atoms with E-state index in [0.717, 1.165) is 0 Å². The van der Waals surface area contributed by atoms with E-state index in [0.29, 0.717) is 12.2 Å². The fourth-order valence-electron chi connectivity index (χ4n) is 1.67. The lowest BCUT2D eigenvalue weighted by atomic mass is 10.1. The molecule has 1 amide bonds. The Hall–Kier alpha value is -1.89. The maximum absolute atomic E-state index is 12.0. The predicted octanol–water partition coefficient (Wildman–Crippen LogP) is 1.63. The molecule has 0 saturated carbocycles. The van der Waals surface area contributed by atoms with Gasteiger partial charge in [-0.1, -0.05) is 6.92 Å². The summed E-state index contributed by atoms with van der Waals surface area (Å²) < 4.78 is 10.5. The number of amides is 1. The number of nitrogens with one attached hydrogen (secondary N) is 1. The third kappa shape index (κ3) is 5.55. The molecule has 0 aliphatic rings. The topological polar surface area (TPSA) is 102 Å². The summed E-state index contributed by atoms with van der Waals surface area (Å²) in [6, 6.07) is -1.03. The summed E-state index contributed by atoms with van der Waals surface area (Å²) in [5.74, 6) is -1.23. The van der Waals surface area contributed by atoms with Crippen LogP contribution >= 0.6 is 0 Å². The van der Waals surface area contributed by atoms with Crippen molar-refractivity contribution in [2.24, 2.45) is 0 Å². The zero-order valence-corrected chi connectivity index (χ0v) is 12.8. The van der Waals surface area contributed by atoms with Crippen LogP contribution in [-0.2, 0) is 16.0 Å². The maximum atomic E-state index is 12.0. The number of aromatic nitrogens is 1. The van der Waals surface area contributed by atoms with E-state index in [4.69, 9.17) is 14.3 Å². The molecule has 0 radical (unpaired) electrons. The van der Waals surface area contributed by atoms with Gasteiger partial charge in [-0.3, -0.25) is 4.79 Å². The third-order valence-corrected chi connectivity index (χ3v) is 2.72. The molecule has 118 valence electrons. The smallest absolute Gasteiger partial charge is 0.326 e. The highest BCUT2D eigenvalue weighted by Gasteiger charge is 2.24. The first-order valence-corrected chi connectivity index (χ1v) is 6.84. The number of rotatable bonds is 7. The molecule has 1 atom stereocenters. The van der Waals surface area contributed by atoms with Crippen LogP contribution in [-0.4, -0.2) is 40.2 Å². The summed E-state index contributed by atoms with van der Waals surface area (Å²) in [4.78, 5) is 27.0. The van der Waals surface area contributed by atoms with Crippen molar-refractivity contribution in [2.45, 2.75) is 52.2 Å². The minimum absolute atomic E-state index is 0.125. The van der Waals surface area contributed by atoms with Crippen LogP contribution in [0.2, 0.25) is 0 Å². The highest BCUT2D eigenvalue weighted by molar-refractivity contribution is 5.95. The largest absolute Gasteiger partial charge is 0.480 e. The second-order valence-electron chi connectivity index (χ2n) is 5.59. The third-order valence-electron chi connectivity index (χ3n) is 2.72. The minimum Gasteiger partial charge on any atom is -0.480 e. The van der Waals surface area contributed by atoms with E-state index in [9.17, 15) is 9.59 Å². The molecule has 1 rings (SSSR count). The number of carboxylic acids is 1. The average molecular weight is 298 g/mol. The Labute approximate surface area is 123 Å². The Morgan fingerprint density at radius 2 is 2.14 bits per heavy atom. The number of carbonyl (C=O) groups excluding carboxylic acids is 1. The molecule has 1 aromatic heterocycles. The number of oxazole rings is 1. The molecular formula is C14H22N2O5. The Bertz CT molecular complexity index is 490. The molecule has 21 heavy (non-hydrogen) atoms. The molecule has 1 aromatic rings. The molecule has 0 aromatic carbocycles. The summed E-state index contributed by atoms with van der Waals surface area (Å²) in [7, 11) is 0. The van der Waals surface area contributed by atoms with Gasteiger partial charge in [0.25, 0.3) is 5.91 Å². The standard InChI is InChI=1S/C14H22N2O5/c1-5-10-11(15-8-20-10)12(17)16-9(13(18)19)6-7-21-14(2,3)4/h8-9H,5-7H2,1-4H3,(H,16,17)(H,18,19). The fraction of sp³-hybridized carbons (Fsp3) is 0.643. The number of ether oxygens (including phenoxy) is 1. The Morgan fingerprint density at radius 1 is 1.48 bits per heavy atom. The number of carboxylic acid groups (broad SMARTS) is 1. The number of hydrogen-bond donors (Lipinski definition) is 2. The molecule has 1 unspecified atom stereocenters. The zero-order valence-electron chi connectivity index (χ0n) is 12.8. The number of carbonyl (C=O) groups is 2. The average Bonchev–Trinajstić information content (AvgIpc) is 2.84. The molecule has 0 bridgehead atoms. The van der Waals surface area contributed by atoms with Gasteiger partial charge < -0.3 is 19.6 Å². The van der Waals surface area contributed by atoms with E-state index in [1.165, 1.54) is 6.39 Å². The Morgan fingerprint density at radius 3 is 2.67 bits per heavy atom. The highest BCUT2D eigenvalue weighted by Crippen LogP contribution is 2.10. The summed E-state index contributed by atoms with van der Waals surface area (Å²) in [6.45, 7) is 7.70.